The number of nitrogens with zero attached hydrogens (tertiary/aromatic N) is 2. The number of alkyl halides is 2. The van der Waals surface area contributed by atoms with Crippen LogP contribution in [0, 0.1) is 5.82 Å². The van der Waals surface area contributed by atoms with E-state index in [0.717, 1.165) is 0 Å². The highest BCUT2D eigenvalue weighted by Gasteiger charge is 2.30. The minimum Gasteiger partial charge on any atom is -0.493 e. The third-order valence-corrected chi connectivity index (χ3v) is 5.81. The van der Waals surface area contributed by atoms with E-state index in [-0.39, 0.29) is 30.4 Å². The van der Waals surface area contributed by atoms with Gasteiger partial charge < -0.3 is 10.1 Å². The molecule has 29 heavy (non-hydrogen) atoms. The van der Waals surface area contributed by atoms with Crippen molar-refractivity contribution in [3.8, 4) is 5.75 Å². The summed E-state index contributed by atoms with van der Waals surface area (Å²) in [6.45, 7) is 2.38. The summed E-state index contributed by atoms with van der Waals surface area (Å²) in [6, 6.07) is 7.66. The topological polar surface area (TPSA) is 47.0 Å². The summed E-state index contributed by atoms with van der Waals surface area (Å²) < 4.78 is 48.3. The van der Waals surface area contributed by atoms with Crippen molar-refractivity contribution >= 4 is 41.9 Å². The van der Waals surface area contributed by atoms with Gasteiger partial charge in [0, 0.05) is 29.5 Å². The Morgan fingerprint density at radius 1 is 1.28 bits per heavy atom. The molecule has 1 aliphatic heterocycles. The van der Waals surface area contributed by atoms with Gasteiger partial charge in [-0.15, -0.1) is 0 Å². The third kappa shape index (κ3) is 4.05. The molecule has 0 amide bonds. The molecule has 2 atom stereocenters. The van der Waals surface area contributed by atoms with Crippen molar-refractivity contribution in [2.24, 2.45) is 0 Å². The zero-order valence-corrected chi connectivity index (χ0v) is 18.2. The molecule has 0 saturated heterocycles. The van der Waals surface area contributed by atoms with Gasteiger partial charge in [0.05, 0.1) is 22.2 Å². The third-order valence-electron chi connectivity index (χ3n) is 4.90. The lowest BCUT2D eigenvalue weighted by Gasteiger charge is -2.20. The average molecular weight is 484 g/mol. The van der Waals surface area contributed by atoms with Gasteiger partial charge in [0.2, 0.25) is 0 Å². The van der Waals surface area contributed by atoms with E-state index in [1.807, 2.05) is 6.92 Å². The van der Waals surface area contributed by atoms with Crippen molar-refractivity contribution in [3.63, 3.8) is 0 Å². The Labute approximate surface area is 176 Å². The van der Waals surface area contributed by atoms with Crippen LogP contribution in [0.25, 0.3) is 10.9 Å². The monoisotopic (exact) mass is 483 g/mol. The van der Waals surface area contributed by atoms with Gasteiger partial charge in [0.15, 0.2) is 0 Å². The predicted octanol–water partition coefficient (Wildman–Crippen LogP) is 5.95. The highest BCUT2D eigenvalue weighted by atomic mass is 79.9. The van der Waals surface area contributed by atoms with Crippen LogP contribution in [-0.4, -0.2) is 16.6 Å². The second-order valence-corrected chi connectivity index (χ2v) is 8.60. The van der Waals surface area contributed by atoms with Crippen LogP contribution in [0.2, 0.25) is 0 Å². The van der Waals surface area contributed by atoms with E-state index in [1.54, 1.807) is 27.4 Å². The highest BCUT2D eigenvalue weighted by Crippen LogP contribution is 2.42. The maximum Gasteiger partial charge on any atom is 0.287 e. The Hall–Kier alpha value is -1.92. The first-order valence-electron chi connectivity index (χ1n) is 9.06. The Morgan fingerprint density at radius 2 is 2.07 bits per heavy atom. The maximum atomic E-state index is 14.1. The fourth-order valence-electron chi connectivity index (χ4n) is 3.30. The molecule has 0 radical (unpaired) electrons. The molecule has 4 rings (SSSR count). The fourth-order valence-corrected chi connectivity index (χ4v) is 3.87. The van der Waals surface area contributed by atoms with Gasteiger partial charge >= 0.3 is 0 Å². The molecule has 0 spiro atoms. The van der Waals surface area contributed by atoms with Crippen LogP contribution in [0.4, 0.5) is 19.0 Å². The SMILES string of the molecule is CC1CCOc2c(cccc2C(F)(F)P)CNc2nc1nc1cc(F)c(Br)cc21. The summed E-state index contributed by atoms with van der Waals surface area (Å²) in [5, 5.41) is 3.84. The average Bonchev–Trinajstić information content (AvgIpc) is 2.68. The molecule has 0 aliphatic carbocycles. The minimum atomic E-state index is -3.11. The van der Waals surface area contributed by atoms with E-state index in [0.29, 0.717) is 39.0 Å². The minimum absolute atomic E-state index is 0.100. The molecule has 1 N–H and O–H groups in total. The number of ether oxygens (including phenoxy) is 1. The van der Waals surface area contributed by atoms with Gasteiger partial charge in [0.1, 0.15) is 23.2 Å². The lowest BCUT2D eigenvalue weighted by atomic mass is 10.1. The Kier molecular flexibility index (Phi) is 5.42. The summed E-state index contributed by atoms with van der Waals surface area (Å²) in [5.41, 5.74) is -2.21. The van der Waals surface area contributed by atoms with Crippen molar-refractivity contribution in [1.82, 2.24) is 9.97 Å². The molecule has 9 heteroatoms. The normalized spacial score (nSPS) is 17.1. The predicted molar refractivity (Wildman–Crippen MR) is 113 cm³/mol. The van der Waals surface area contributed by atoms with E-state index in [2.05, 4.69) is 31.2 Å². The van der Waals surface area contributed by atoms with Crippen molar-refractivity contribution in [2.75, 3.05) is 11.9 Å². The van der Waals surface area contributed by atoms with E-state index in [1.165, 1.54) is 12.1 Å². The Bertz CT molecular complexity index is 1090. The number of hydrogen-bond acceptors (Lipinski definition) is 4. The first-order valence-corrected chi connectivity index (χ1v) is 10.4. The molecule has 3 aromatic rings. The molecule has 2 heterocycles. The number of anilines is 1. The zero-order chi connectivity index (χ0) is 20.8. The number of aromatic nitrogens is 2. The van der Waals surface area contributed by atoms with E-state index >= 15 is 0 Å². The van der Waals surface area contributed by atoms with Gasteiger partial charge in [-0.25, -0.2) is 14.4 Å². The van der Waals surface area contributed by atoms with Crippen molar-refractivity contribution < 1.29 is 17.9 Å². The second kappa shape index (κ2) is 7.73. The standard InChI is InChI=1S/C20H18BrF3N3OP/c1-10-5-6-28-17-11(3-2-4-13(17)20(23,24)29)9-25-19-12-7-14(21)15(22)8-16(12)26-18(10)27-19/h2-4,7-8,10H,5-6,9,29H2,1H3,(H,25,26,27). The smallest absolute Gasteiger partial charge is 0.287 e. The lowest BCUT2D eigenvalue weighted by molar-refractivity contribution is 0.0986. The van der Waals surface area contributed by atoms with Crippen LogP contribution in [0.1, 0.15) is 36.2 Å². The molecular formula is C20H18BrF3N3OP. The van der Waals surface area contributed by atoms with Crippen molar-refractivity contribution in [3.05, 3.63) is 57.6 Å². The fraction of sp³-hybridized carbons (Fsp3) is 0.300. The summed E-state index contributed by atoms with van der Waals surface area (Å²) in [5.74, 6) is 0.732. The number of para-hydroxylation sites is 1. The maximum absolute atomic E-state index is 14.1. The van der Waals surface area contributed by atoms with Crippen LogP contribution >= 0.6 is 25.2 Å². The molecule has 2 unspecified atom stereocenters. The Morgan fingerprint density at radius 3 is 2.83 bits per heavy atom. The van der Waals surface area contributed by atoms with E-state index in [4.69, 9.17) is 4.74 Å². The summed E-state index contributed by atoms with van der Waals surface area (Å²) >= 11 is 3.20. The first-order chi connectivity index (χ1) is 13.7. The number of benzene rings is 2. The molecule has 2 aromatic carbocycles. The van der Waals surface area contributed by atoms with Crippen LogP contribution in [0.15, 0.2) is 34.8 Å². The molecule has 4 nitrogen and oxygen atoms in total. The Balaban J connectivity index is 1.85. The number of halogens is 4. The number of rotatable bonds is 1. The van der Waals surface area contributed by atoms with Gasteiger partial charge in [-0.2, -0.15) is 8.78 Å². The molecule has 1 aliphatic rings. The van der Waals surface area contributed by atoms with Crippen LogP contribution in [0.3, 0.4) is 0 Å². The molecule has 1 aromatic heterocycles. The van der Waals surface area contributed by atoms with Crippen LogP contribution in [-0.2, 0) is 12.2 Å². The lowest BCUT2D eigenvalue weighted by Crippen LogP contribution is -2.12. The largest absolute Gasteiger partial charge is 0.493 e. The molecule has 2 bridgehead atoms. The highest BCUT2D eigenvalue weighted by molar-refractivity contribution is 9.10. The van der Waals surface area contributed by atoms with Gasteiger partial charge in [-0.05, 0) is 34.5 Å². The van der Waals surface area contributed by atoms with E-state index < -0.39 is 11.5 Å². The van der Waals surface area contributed by atoms with Crippen molar-refractivity contribution in [2.45, 2.75) is 31.5 Å². The van der Waals surface area contributed by atoms with Crippen LogP contribution in [0.5, 0.6) is 5.75 Å². The van der Waals surface area contributed by atoms with Crippen LogP contribution < -0.4 is 10.1 Å². The number of hydrogen-bond donors (Lipinski definition) is 1. The molecular weight excluding hydrogens is 466 g/mol. The van der Waals surface area contributed by atoms with Gasteiger partial charge in [-0.1, -0.05) is 28.3 Å². The zero-order valence-electron chi connectivity index (χ0n) is 15.5. The second-order valence-electron chi connectivity index (χ2n) is 7.02. The number of nitrogens with one attached hydrogen (secondary N) is 1. The summed E-state index contributed by atoms with van der Waals surface area (Å²) in [6.07, 6.45) is 0.528. The molecule has 0 saturated carbocycles. The summed E-state index contributed by atoms with van der Waals surface area (Å²) in [4.78, 5) is 9.13. The van der Waals surface area contributed by atoms with Crippen molar-refractivity contribution in [1.29, 1.82) is 0 Å². The molecule has 152 valence electrons. The molecule has 0 fully saturated rings. The van der Waals surface area contributed by atoms with E-state index in [9.17, 15) is 13.2 Å². The quantitative estimate of drug-likeness (QED) is 0.434. The van der Waals surface area contributed by atoms with Gasteiger partial charge in [0.25, 0.3) is 5.66 Å². The first kappa shape index (κ1) is 20.4. The number of fused-ring (bicyclic) bond motifs is 5. The van der Waals surface area contributed by atoms with Gasteiger partial charge in [-0.3, -0.25) is 0 Å². The summed E-state index contributed by atoms with van der Waals surface area (Å²) in [7, 11) is 1.56.